The monoisotopic (exact) mass is 189 g/mol. The summed E-state index contributed by atoms with van der Waals surface area (Å²) in [6, 6.07) is 9.64. The number of nitrogens with zero attached hydrogens (tertiary/aromatic N) is 1. The third-order valence-corrected chi connectivity index (χ3v) is 1.93. The first-order valence-corrected chi connectivity index (χ1v) is 4.18. The number of benzene rings is 1. The lowest BCUT2D eigenvalue weighted by Gasteiger charge is -2.03. The molecule has 2 nitrogen and oxygen atoms in total. The molecule has 0 radical (unpaired) electrons. The van der Waals surface area contributed by atoms with Gasteiger partial charge in [-0.15, -0.1) is 0 Å². The second kappa shape index (κ2) is 3.46. The molecule has 0 atom stereocenters. The fourth-order valence-electron chi connectivity index (χ4n) is 1.24. The van der Waals surface area contributed by atoms with Gasteiger partial charge in [0.05, 0.1) is 5.69 Å². The van der Waals surface area contributed by atoms with Crippen molar-refractivity contribution in [3.63, 3.8) is 0 Å². The Balaban J connectivity index is 2.58. The minimum Gasteiger partial charge on any atom is -0.504 e. The average molecular weight is 189 g/mol. The Morgan fingerprint density at radius 3 is 2.64 bits per heavy atom. The van der Waals surface area contributed by atoms with Gasteiger partial charge in [0.15, 0.2) is 11.6 Å². The van der Waals surface area contributed by atoms with Gasteiger partial charge >= 0.3 is 0 Å². The summed E-state index contributed by atoms with van der Waals surface area (Å²) in [5.41, 5.74) is 0.968. The predicted octanol–water partition coefficient (Wildman–Crippen LogP) is 2.59. The zero-order chi connectivity index (χ0) is 9.97. The summed E-state index contributed by atoms with van der Waals surface area (Å²) in [6.45, 7) is 0. The first kappa shape index (κ1) is 8.69. The Morgan fingerprint density at radius 1 is 1.07 bits per heavy atom. The van der Waals surface area contributed by atoms with E-state index >= 15 is 0 Å². The predicted molar refractivity (Wildman–Crippen MR) is 51.3 cm³/mol. The Labute approximate surface area is 80.7 Å². The van der Waals surface area contributed by atoms with Crippen LogP contribution in [0.25, 0.3) is 11.3 Å². The van der Waals surface area contributed by atoms with Gasteiger partial charge in [0.1, 0.15) is 0 Å². The third-order valence-electron chi connectivity index (χ3n) is 1.93. The Kier molecular flexibility index (Phi) is 2.14. The van der Waals surface area contributed by atoms with Gasteiger partial charge in [0.2, 0.25) is 0 Å². The molecule has 1 N–H and O–H groups in total. The second-order valence-electron chi connectivity index (χ2n) is 2.85. The van der Waals surface area contributed by atoms with Crippen molar-refractivity contribution in [1.82, 2.24) is 4.98 Å². The molecule has 0 aliphatic carbocycles. The van der Waals surface area contributed by atoms with Crippen LogP contribution in [0.15, 0.2) is 42.6 Å². The lowest BCUT2D eigenvalue weighted by molar-refractivity contribution is 0.434. The van der Waals surface area contributed by atoms with Crippen LogP contribution in [0.4, 0.5) is 4.39 Å². The maximum atomic E-state index is 13.0. The van der Waals surface area contributed by atoms with Crippen LogP contribution in [0.5, 0.6) is 5.75 Å². The molecule has 0 aliphatic rings. The topological polar surface area (TPSA) is 33.1 Å². The summed E-state index contributed by atoms with van der Waals surface area (Å²) < 4.78 is 13.0. The van der Waals surface area contributed by atoms with Crippen molar-refractivity contribution >= 4 is 0 Å². The van der Waals surface area contributed by atoms with Crippen LogP contribution in [0.1, 0.15) is 0 Å². The van der Waals surface area contributed by atoms with Gasteiger partial charge < -0.3 is 5.11 Å². The molecule has 0 unspecified atom stereocenters. The van der Waals surface area contributed by atoms with Crippen molar-refractivity contribution < 1.29 is 9.50 Å². The van der Waals surface area contributed by atoms with Crippen LogP contribution in [-0.4, -0.2) is 10.1 Å². The number of phenols is 1. The highest BCUT2D eigenvalue weighted by atomic mass is 19.1. The van der Waals surface area contributed by atoms with Gasteiger partial charge in [-0.05, 0) is 24.3 Å². The molecular formula is C11H8FNO. The molecule has 0 aliphatic heterocycles. The molecule has 0 bridgehead atoms. The van der Waals surface area contributed by atoms with Gasteiger partial charge in [0.25, 0.3) is 0 Å². The molecule has 2 rings (SSSR count). The van der Waals surface area contributed by atoms with E-state index in [2.05, 4.69) is 4.98 Å². The summed E-state index contributed by atoms with van der Waals surface area (Å²) >= 11 is 0. The molecule has 0 saturated carbocycles. The van der Waals surface area contributed by atoms with Gasteiger partial charge in [-0.25, -0.2) is 4.39 Å². The third kappa shape index (κ3) is 1.44. The van der Waals surface area contributed by atoms with Crippen molar-refractivity contribution in [1.29, 1.82) is 0 Å². The molecule has 14 heavy (non-hydrogen) atoms. The smallest absolute Gasteiger partial charge is 0.165 e. The minimum absolute atomic E-state index is 0.355. The standard InChI is InChI=1S/C11H8FNO/c12-9-5-3-4-8(11(9)14)10-6-1-2-7-13-10/h1-7,14H. The minimum atomic E-state index is -0.631. The zero-order valence-corrected chi connectivity index (χ0v) is 7.31. The van der Waals surface area contributed by atoms with E-state index in [1.165, 1.54) is 6.07 Å². The number of hydrogen-bond donors (Lipinski definition) is 1. The molecule has 3 heteroatoms. The van der Waals surface area contributed by atoms with E-state index in [0.717, 1.165) is 0 Å². The van der Waals surface area contributed by atoms with Crippen molar-refractivity contribution in [3.05, 3.63) is 48.4 Å². The highest BCUT2D eigenvalue weighted by molar-refractivity contribution is 5.66. The van der Waals surface area contributed by atoms with Crippen molar-refractivity contribution in [2.45, 2.75) is 0 Å². The largest absolute Gasteiger partial charge is 0.504 e. The second-order valence-corrected chi connectivity index (χ2v) is 2.85. The fraction of sp³-hybridized carbons (Fsp3) is 0. The maximum Gasteiger partial charge on any atom is 0.165 e. The van der Waals surface area contributed by atoms with Crippen LogP contribution in [0.3, 0.4) is 0 Å². The number of pyridine rings is 1. The molecule has 1 aromatic carbocycles. The van der Waals surface area contributed by atoms with Crippen LogP contribution in [-0.2, 0) is 0 Å². The lowest BCUT2D eigenvalue weighted by atomic mass is 10.1. The Hall–Kier alpha value is -1.90. The van der Waals surface area contributed by atoms with Crippen LogP contribution in [0.2, 0.25) is 0 Å². The van der Waals surface area contributed by atoms with E-state index in [9.17, 15) is 9.50 Å². The molecule has 0 saturated heterocycles. The number of rotatable bonds is 1. The summed E-state index contributed by atoms with van der Waals surface area (Å²) in [6.07, 6.45) is 1.60. The normalized spacial score (nSPS) is 10.1. The first-order valence-electron chi connectivity index (χ1n) is 4.18. The van der Waals surface area contributed by atoms with Gasteiger partial charge in [0, 0.05) is 11.8 Å². The number of para-hydroxylation sites is 1. The van der Waals surface area contributed by atoms with E-state index in [1.807, 2.05) is 0 Å². The van der Waals surface area contributed by atoms with Crippen LogP contribution >= 0.6 is 0 Å². The Morgan fingerprint density at radius 2 is 1.93 bits per heavy atom. The molecule has 2 aromatic rings. The van der Waals surface area contributed by atoms with E-state index in [-0.39, 0.29) is 5.75 Å². The van der Waals surface area contributed by atoms with E-state index in [0.29, 0.717) is 11.3 Å². The van der Waals surface area contributed by atoms with Gasteiger partial charge in [-0.2, -0.15) is 0 Å². The molecule has 0 spiro atoms. The highest BCUT2D eigenvalue weighted by Gasteiger charge is 2.08. The number of aromatic hydroxyl groups is 1. The van der Waals surface area contributed by atoms with Gasteiger partial charge in [-0.3, -0.25) is 4.98 Å². The van der Waals surface area contributed by atoms with Crippen molar-refractivity contribution in [2.24, 2.45) is 0 Å². The molecule has 70 valence electrons. The quantitative estimate of drug-likeness (QED) is 0.747. The summed E-state index contributed by atoms with van der Waals surface area (Å²) in [5, 5.41) is 9.44. The Bertz CT molecular complexity index is 442. The average Bonchev–Trinajstić information content (AvgIpc) is 2.23. The first-order chi connectivity index (χ1) is 6.79. The molecule has 0 fully saturated rings. The summed E-state index contributed by atoms with van der Waals surface area (Å²) in [5.74, 6) is -0.987. The number of halogens is 1. The van der Waals surface area contributed by atoms with E-state index in [1.54, 1.807) is 36.5 Å². The lowest BCUT2D eigenvalue weighted by Crippen LogP contribution is -1.85. The van der Waals surface area contributed by atoms with Crippen molar-refractivity contribution in [2.75, 3.05) is 0 Å². The fourth-order valence-corrected chi connectivity index (χ4v) is 1.24. The molecule has 1 heterocycles. The summed E-state index contributed by atoms with van der Waals surface area (Å²) in [7, 11) is 0. The van der Waals surface area contributed by atoms with Crippen LogP contribution in [0, 0.1) is 5.82 Å². The summed E-state index contributed by atoms with van der Waals surface area (Å²) in [4.78, 5) is 4.02. The number of phenolic OH excluding ortho intramolecular Hbond substituents is 1. The molecular weight excluding hydrogens is 181 g/mol. The van der Waals surface area contributed by atoms with Gasteiger partial charge in [-0.1, -0.05) is 12.1 Å². The highest BCUT2D eigenvalue weighted by Crippen LogP contribution is 2.29. The van der Waals surface area contributed by atoms with E-state index in [4.69, 9.17) is 0 Å². The maximum absolute atomic E-state index is 13.0. The van der Waals surface area contributed by atoms with Crippen molar-refractivity contribution in [3.8, 4) is 17.0 Å². The number of aromatic nitrogens is 1. The number of hydrogen-bond acceptors (Lipinski definition) is 2. The molecule has 0 amide bonds. The van der Waals surface area contributed by atoms with E-state index < -0.39 is 5.82 Å². The molecule has 1 aromatic heterocycles. The SMILES string of the molecule is Oc1c(F)cccc1-c1ccccn1. The zero-order valence-electron chi connectivity index (χ0n) is 7.31. The van der Waals surface area contributed by atoms with Crippen LogP contribution < -0.4 is 0 Å².